The molecule has 0 amide bonds. The summed E-state index contributed by atoms with van der Waals surface area (Å²) in [6, 6.07) is 25.0. The van der Waals surface area contributed by atoms with E-state index in [1.807, 2.05) is 78.9 Å². The molecule has 0 bridgehead atoms. The highest BCUT2D eigenvalue weighted by Gasteiger charge is 2.13. The van der Waals surface area contributed by atoms with Crippen LogP contribution in [-0.4, -0.2) is 24.0 Å². The number of hydrogen-bond acceptors (Lipinski definition) is 4. The maximum absolute atomic E-state index is 13.0. The molecule has 0 radical (unpaired) electrons. The number of hydrogen-bond donors (Lipinski definition) is 1. The molecule has 7 heteroatoms. The van der Waals surface area contributed by atoms with E-state index in [0.29, 0.717) is 30.5 Å². The predicted molar refractivity (Wildman–Crippen MR) is 123 cm³/mol. The number of primary sulfonamides is 1. The number of benzene rings is 3. The van der Waals surface area contributed by atoms with E-state index in [1.54, 1.807) is 0 Å². The monoisotopic (exact) mass is 433 g/mol. The molecule has 6 nitrogen and oxygen atoms in total. The first kappa shape index (κ1) is 21.0. The average Bonchev–Trinajstić information content (AvgIpc) is 2.78. The van der Waals surface area contributed by atoms with E-state index in [0.717, 1.165) is 22.1 Å². The van der Waals surface area contributed by atoms with E-state index in [2.05, 4.69) is 0 Å². The molecule has 0 aliphatic heterocycles. The van der Waals surface area contributed by atoms with E-state index >= 15 is 0 Å². The Morgan fingerprint density at radius 1 is 0.806 bits per heavy atom. The van der Waals surface area contributed by atoms with Crippen molar-refractivity contribution in [2.24, 2.45) is 5.14 Å². The van der Waals surface area contributed by atoms with Gasteiger partial charge in [-0.05, 0) is 36.1 Å². The van der Waals surface area contributed by atoms with Gasteiger partial charge in [-0.25, -0.2) is 18.2 Å². The van der Waals surface area contributed by atoms with Crippen LogP contribution < -0.4 is 10.7 Å². The van der Waals surface area contributed by atoms with Gasteiger partial charge < -0.3 is 0 Å². The van der Waals surface area contributed by atoms with Crippen LogP contribution in [0.15, 0.2) is 83.7 Å². The molecule has 4 aromatic rings. The summed E-state index contributed by atoms with van der Waals surface area (Å²) in [5.74, 6) is -0.124. The van der Waals surface area contributed by atoms with Gasteiger partial charge >= 0.3 is 0 Å². The molecule has 0 spiro atoms. The fraction of sp³-hybridized carbons (Fsp3) is 0.167. The maximum atomic E-state index is 13.0. The lowest BCUT2D eigenvalue weighted by Gasteiger charge is -2.12. The van der Waals surface area contributed by atoms with E-state index < -0.39 is 10.0 Å². The average molecular weight is 434 g/mol. The second kappa shape index (κ2) is 8.83. The number of sulfonamides is 1. The summed E-state index contributed by atoms with van der Waals surface area (Å²) in [5.41, 5.74) is 3.38. The third-order valence-corrected chi connectivity index (χ3v) is 5.97. The third kappa shape index (κ3) is 5.07. The van der Waals surface area contributed by atoms with Crippen LogP contribution in [0.2, 0.25) is 0 Å². The molecule has 2 N–H and O–H groups in total. The summed E-state index contributed by atoms with van der Waals surface area (Å²) in [6.07, 6.45) is 1.01. The van der Waals surface area contributed by atoms with Crippen molar-refractivity contribution in [3.8, 4) is 11.3 Å². The molecule has 0 saturated heterocycles. The first-order valence-electron chi connectivity index (χ1n) is 10.0. The molecule has 158 valence electrons. The zero-order valence-corrected chi connectivity index (χ0v) is 17.8. The number of fused-ring (bicyclic) bond motifs is 1. The van der Waals surface area contributed by atoms with Crippen LogP contribution in [-0.2, 0) is 29.4 Å². The van der Waals surface area contributed by atoms with Crippen LogP contribution in [0.4, 0.5) is 0 Å². The van der Waals surface area contributed by atoms with E-state index in [4.69, 9.17) is 10.2 Å². The quantitative estimate of drug-likeness (QED) is 0.484. The van der Waals surface area contributed by atoms with Gasteiger partial charge in [0.1, 0.15) is 0 Å². The van der Waals surface area contributed by atoms with Crippen molar-refractivity contribution < 1.29 is 8.42 Å². The molecule has 3 aromatic carbocycles. The van der Waals surface area contributed by atoms with Gasteiger partial charge in [-0.1, -0.05) is 66.7 Å². The number of aromatic nitrogens is 2. The van der Waals surface area contributed by atoms with Gasteiger partial charge in [0.25, 0.3) is 5.56 Å². The SMILES string of the molecule is NS(=O)(=O)CCc1cccc(-c2nn(CCc3ccccc3)c(=O)c3ccccc23)c1. The van der Waals surface area contributed by atoms with Gasteiger partial charge in [-0.15, -0.1) is 0 Å². The first-order chi connectivity index (χ1) is 14.9. The van der Waals surface area contributed by atoms with Gasteiger partial charge in [0, 0.05) is 17.5 Å². The highest BCUT2D eigenvalue weighted by atomic mass is 32.2. The predicted octanol–water partition coefficient (Wildman–Crippen LogP) is 3.14. The molecule has 4 rings (SSSR count). The maximum Gasteiger partial charge on any atom is 0.274 e. The Kier molecular flexibility index (Phi) is 5.97. The Morgan fingerprint density at radius 2 is 1.48 bits per heavy atom. The number of aryl methyl sites for hydroxylation is 3. The normalized spacial score (nSPS) is 11.6. The number of nitrogens with zero attached hydrogens (tertiary/aromatic N) is 2. The van der Waals surface area contributed by atoms with Gasteiger partial charge in [0.15, 0.2) is 0 Å². The number of nitrogens with two attached hydrogens (primary N) is 1. The van der Waals surface area contributed by atoms with Crippen molar-refractivity contribution in [2.45, 2.75) is 19.4 Å². The summed E-state index contributed by atoms with van der Waals surface area (Å²) >= 11 is 0. The standard InChI is InChI=1S/C24H23N3O3S/c25-31(29,30)16-14-19-9-6-10-20(17-19)23-21-11-4-5-12-22(21)24(28)27(26-23)15-13-18-7-2-1-3-8-18/h1-12,17H,13-16H2,(H2,25,29,30). The lowest BCUT2D eigenvalue weighted by Crippen LogP contribution is -2.24. The minimum absolute atomic E-state index is 0.124. The highest BCUT2D eigenvalue weighted by Crippen LogP contribution is 2.25. The molecular weight excluding hydrogens is 410 g/mol. The largest absolute Gasteiger partial charge is 0.274 e. The molecule has 1 heterocycles. The van der Waals surface area contributed by atoms with E-state index in [9.17, 15) is 13.2 Å². The summed E-state index contributed by atoms with van der Waals surface area (Å²) in [7, 11) is -3.54. The summed E-state index contributed by atoms with van der Waals surface area (Å²) in [5, 5.41) is 11.2. The Bertz CT molecular complexity index is 1380. The van der Waals surface area contributed by atoms with Gasteiger partial charge in [-0.2, -0.15) is 5.10 Å². The Hall–Kier alpha value is -3.29. The van der Waals surface area contributed by atoms with Crippen molar-refractivity contribution in [1.29, 1.82) is 0 Å². The highest BCUT2D eigenvalue weighted by molar-refractivity contribution is 7.89. The minimum Gasteiger partial charge on any atom is -0.267 e. The van der Waals surface area contributed by atoms with Crippen LogP contribution >= 0.6 is 0 Å². The van der Waals surface area contributed by atoms with Crippen LogP contribution in [0, 0.1) is 0 Å². The zero-order valence-electron chi connectivity index (χ0n) is 16.9. The molecule has 0 aliphatic rings. The van der Waals surface area contributed by atoms with Crippen LogP contribution in [0.1, 0.15) is 11.1 Å². The van der Waals surface area contributed by atoms with Crippen LogP contribution in [0.25, 0.3) is 22.0 Å². The number of rotatable bonds is 7. The van der Waals surface area contributed by atoms with Crippen LogP contribution in [0.5, 0.6) is 0 Å². The Morgan fingerprint density at radius 3 is 2.23 bits per heavy atom. The van der Waals surface area contributed by atoms with Crippen molar-refractivity contribution >= 4 is 20.8 Å². The molecule has 1 aromatic heterocycles. The summed E-state index contributed by atoms with van der Waals surface area (Å²) in [4.78, 5) is 13.0. The zero-order chi connectivity index (χ0) is 21.8. The fourth-order valence-corrected chi connectivity index (χ4v) is 4.13. The van der Waals surface area contributed by atoms with E-state index in [-0.39, 0.29) is 11.3 Å². The van der Waals surface area contributed by atoms with Crippen molar-refractivity contribution in [1.82, 2.24) is 9.78 Å². The van der Waals surface area contributed by atoms with Crippen molar-refractivity contribution in [3.63, 3.8) is 0 Å². The minimum atomic E-state index is -3.54. The van der Waals surface area contributed by atoms with E-state index in [1.165, 1.54) is 4.68 Å². The van der Waals surface area contributed by atoms with Crippen molar-refractivity contribution in [3.05, 3.63) is 100 Å². The molecule has 0 fully saturated rings. The van der Waals surface area contributed by atoms with Crippen molar-refractivity contribution in [2.75, 3.05) is 5.75 Å². The second-order valence-corrected chi connectivity index (χ2v) is 9.21. The summed E-state index contributed by atoms with van der Waals surface area (Å²) in [6.45, 7) is 0.464. The molecule has 0 aliphatic carbocycles. The molecule has 0 atom stereocenters. The smallest absolute Gasteiger partial charge is 0.267 e. The lowest BCUT2D eigenvalue weighted by molar-refractivity contribution is 0.587. The first-order valence-corrected chi connectivity index (χ1v) is 11.8. The Labute approximate surface area is 181 Å². The topological polar surface area (TPSA) is 95.1 Å². The van der Waals surface area contributed by atoms with Gasteiger partial charge in [0.05, 0.1) is 16.8 Å². The second-order valence-electron chi connectivity index (χ2n) is 7.48. The fourth-order valence-electron chi connectivity index (χ4n) is 3.61. The lowest BCUT2D eigenvalue weighted by atomic mass is 10.0. The molecule has 0 unspecified atom stereocenters. The third-order valence-electron chi connectivity index (χ3n) is 5.20. The Balaban J connectivity index is 1.75. The van der Waals surface area contributed by atoms with Crippen LogP contribution in [0.3, 0.4) is 0 Å². The van der Waals surface area contributed by atoms with Gasteiger partial charge in [0.2, 0.25) is 10.0 Å². The molecular formula is C24H23N3O3S. The van der Waals surface area contributed by atoms with Gasteiger partial charge in [-0.3, -0.25) is 4.79 Å². The molecule has 0 saturated carbocycles. The summed E-state index contributed by atoms with van der Waals surface area (Å²) < 4.78 is 24.2. The molecule has 31 heavy (non-hydrogen) atoms.